The van der Waals surface area contributed by atoms with Gasteiger partial charge in [-0.25, -0.2) is 0 Å². The zero-order valence-corrected chi connectivity index (χ0v) is 16.7. The molecule has 8 heteroatoms. The second-order valence-electron chi connectivity index (χ2n) is 7.39. The summed E-state index contributed by atoms with van der Waals surface area (Å²) in [5.74, 6) is -1.18. The molecule has 162 valence electrons. The molecule has 0 saturated carbocycles. The van der Waals surface area contributed by atoms with Crippen LogP contribution in [0.2, 0.25) is 0 Å². The van der Waals surface area contributed by atoms with Crippen molar-refractivity contribution in [3.63, 3.8) is 0 Å². The molecule has 0 radical (unpaired) electrons. The van der Waals surface area contributed by atoms with Gasteiger partial charge >= 0.3 is 6.18 Å². The molecule has 2 atom stereocenters. The molecule has 2 aliphatic rings. The first-order chi connectivity index (χ1) is 14.3. The van der Waals surface area contributed by atoms with Gasteiger partial charge in [0.15, 0.2) is 6.61 Å². The molecule has 1 saturated heterocycles. The first kappa shape index (κ1) is 22.0. The molecule has 2 unspecified atom stereocenters. The number of carbonyl (C=O) groups is 1. The molecule has 0 bridgehead atoms. The van der Waals surface area contributed by atoms with Crippen LogP contribution in [-0.2, 0) is 11.4 Å². The summed E-state index contributed by atoms with van der Waals surface area (Å²) in [6, 6.07) is 6.88. The van der Waals surface area contributed by atoms with Gasteiger partial charge in [-0.15, -0.1) is 0 Å². The number of hydrogen-bond acceptors (Lipinski definition) is 4. The molecule has 1 N–H and O–H groups in total. The molecule has 1 fully saturated rings. The van der Waals surface area contributed by atoms with Crippen LogP contribution in [0.4, 0.5) is 13.2 Å². The molecule has 1 amide bonds. The maximum Gasteiger partial charge on any atom is 0.398 e. The lowest BCUT2D eigenvalue weighted by molar-refractivity contribution is -0.148. The van der Waals surface area contributed by atoms with Gasteiger partial charge in [0.2, 0.25) is 0 Å². The summed E-state index contributed by atoms with van der Waals surface area (Å²) in [5, 5.41) is 9.05. The third kappa shape index (κ3) is 5.44. The van der Waals surface area contributed by atoms with Gasteiger partial charge in [0.05, 0.1) is 12.5 Å². The van der Waals surface area contributed by atoms with E-state index in [-0.39, 0.29) is 25.2 Å². The molecule has 1 aromatic rings. The van der Waals surface area contributed by atoms with Crippen LogP contribution < -0.4 is 4.74 Å². The number of alkyl halides is 3. The van der Waals surface area contributed by atoms with Gasteiger partial charge in [-0.1, -0.05) is 30.4 Å². The fourth-order valence-corrected chi connectivity index (χ4v) is 3.47. The zero-order valence-electron chi connectivity index (χ0n) is 16.7. The van der Waals surface area contributed by atoms with Crippen LogP contribution in [0, 0.1) is 5.92 Å². The van der Waals surface area contributed by atoms with Crippen molar-refractivity contribution in [1.82, 2.24) is 9.80 Å². The van der Waals surface area contributed by atoms with Gasteiger partial charge in [0.25, 0.3) is 5.91 Å². The van der Waals surface area contributed by atoms with E-state index in [9.17, 15) is 18.0 Å². The van der Waals surface area contributed by atoms with E-state index in [1.54, 1.807) is 35.2 Å². The van der Waals surface area contributed by atoms with Gasteiger partial charge in [-0.05, 0) is 36.3 Å². The largest absolute Gasteiger partial charge is 0.484 e. The molecule has 1 heterocycles. The van der Waals surface area contributed by atoms with Gasteiger partial charge < -0.3 is 19.6 Å². The Morgan fingerprint density at radius 2 is 2.00 bits per heavy atom. The maximum absolute atomic E-state index is 12.9. The SMILES string of the molecule is CN(C1=CC=CC(C(F)(F)F)C=C1)C1CCN(C(=O)COc2ccc(CO)cc2)C1. The van der Waals surface area contributed by atoms with Crippen molar-refractivity contribution in [3.8, 4) is 5.75 Å². The number of rotatable bonds is 6. The number of ether oxygens (including phenoxy) is 1. The Morgan fingerprint density at radius 1 is 1.27 bits per heavy atom. The molecule has 1 aliphatic heterocycles. The van der Waals surface area contributed by atoms with Crippen molar-refractivity contribution >= 4 is 5.91 Å². The van der Waals surface area contributed by atoms with E-state index in [1.807, 2.05) is 11.9 Å². The third-order valence-electron chi connectivity index (χ3n) is 5.38. The van der Waals surface area contributed by atoms with Crippen molar-refractivity contribution in [2.45, 2.75) is 25.2 Å². The van der Waals surface area contributed by atoms with Crippen molar-refractivity contribution in [2.75, 3.05) is 26.7 Å². The summed E-state index contributed by atoms with van der Waals surface area (Å²) in [7, 11) is 1.83. The van der Waals surface area contributed by atoms with E-state index in [4.69, 9.17) is 9.84 Å². The molecular weight excluding hydrogens is 397 g/mol. The van der Waals surface area contributed by atoms with E-state index >= 15 is 0 Å². The summed E-state index contributed by atoms with van der Waals surface area (Å²) in [6.45, 7) is 0.909. The second-order valence-corrected chi connectivity index (χ2v) is 7.39. The van der Waals surface area contributed by atoms with Crippen LogP contribution in [0.5, 0.6) is 5.75 Å². The first-order valence-electron chi connectivity index (χ1n) is 9.74. The van der Waals surface area contributed by atoms with Crippen LogP contribution in [0.25, 0.3) is 0 Å². The number of halogens is 3. The summed E-state index contributed by atoms with van der Waals surface area (Å²) in [6.07, 6.45) is 3.28. The smallest absolute Gasteiger partial charge is 0.398 e. The van der Waals surface area contributed by atoms with Crippen molar-refractivity contribution < 1.29 is 27.8 Å². The van der Waals surface area contributed by atoms with Gasteiger partial charge in [-0.3, -0.25) is 4.79 Å². The minimum Gasteiger partial charge on any atom is -0.484 e. The van der Waals surface area contributed by atoms with Crippen LogP contribution in [0.1, 0.15) is 12.0 Å². The fourth-order valence-electron chi connectivity index (χ4n) is 3.47. The lowest BCUT2D eigenvalue weighted by Gasteiger charge is -2.27. The molecular formula is C22H25F3N2O3. The van der Waals surface area contributed by atoms with Gasteiger partial charge in [-0.2, -0.15) is 13.2 Å². The number of allylic oxidation sites excluding steroid dienone is 5. The predicted octanol–water partition coefficient (Wildman–Crippen LogP) is 3.28. The van der Waals surface area contributed by atoms with Crippen LogP contribution in [-0.4, -0.2) is 59.8 Å². The Hall–Kier alpha value is -2.74. The van der Waals surface area contributed by atoms with Crippen LogP contribution in [0.3, 0.4) is 0 Å². The minimum absolute atomic E-state index is 0.0181. The van der Waals surface area contributed by atoms with E-state index in [1.165, 1.54) is 12.2 Å². The fraction of sp³-hybridized carbons (Fsp3) is 0.409. The lowest BCUT2D eigenvalue weighted by Crippen LogP contribution is -2.37. The van der Waals surface area contributed by atoms with E-state index < -0.39 is 12.1 Å². The van der Waals surface area contributed by atoms with Gasteiger partial charge in [0, 0.05) is 31.9 Å². The number of hydrogen-bond donors (Lipinski definition) is 1. The normalized spacial score (nSPS) is 21.4. The molecule has 5 nitrogen and oxygen atoms in total. The highest BCUT2D eigenvalue weighted by Gasteiger charge is 2.36. The Morgan fingerprint density at radius 3 is 2.67 bits per heavy atom. The zero-order chi connectivity index (χ0) is 21.7. The van der Waals surface area contributed by atoms with Crippen molar-refractivity contribution in [3.05, 3.63) is 65.9 Å². The highest BCUT2D eigenvalue weighted by atomic mass is 19.4. The van der Waals surface area contributed by atoms with Gasteiger partial charge in [0.1, 0.15) is 5.75 Å². The molecule has 0 aromatic heterocycles. The van der Waals surface area contributed by atoms with E-state index in [2.05, 4.69) is 0 Å². The van der Waals surface area contributed by atoms with Crippen molar-refractivity contribution in [2.24, 2.45) is 5.92 Å². The standard InChI is InChI=1S/C22H25F3N2O3/c1-26(18-4-2-3-17(7-8-18)22(23,24)25)19-11-12-27(13-19)21(29)15-30-20-9-5-16(14-28)6-10-20/h2-10,17,19,28H,11-15H2,1H3. The number of likely N-dealkylation sites (tertiary alicyclic amines) is 1. The van der Waals surface area contributed by atoms with Crippen LogP contribution >= 0.6 is 0 Å². The Labute approximate surface area is 173 Å². The number of aliphatic hydroxyl groups is 1. The summed E-state index contributed by atoms with van der Waals surface area (Å²) in [5.41, 5.74) is 1.44. The quantitative estimate of drug-likeness (QED) is 0.765. The Kier molecular flexibility index (Phi) is 6.87. The molecule has 1 aromatic carbocycles. The maximum atomic E-state index is 12.9. The lowest BCUT2D eigenvalue weighted by atomic mass is 10.1. The number of carbonyl (C=O) groups excluding carboxylic acids is 1. The molecule has 3 rings (SSSR count). The second kappa shape index (κ2) is 9.38. The number of nitrogens with zero attached hydrogens (tertiary/aromatic N) is 2. The number of amides is 1. The number of benzene rings is 1. The number of aliphatic hydroxyl groups excluding tert-OH is 1. The average molecular weight is 422 g/mol. The highest BCUT2D eigenvalue weighted by molar-refractivity contribution is 5.78. The van der Waals surface area contributed by atoms with E-state index in [0.29, 0.717) is 24.5 Å². The predicted molar refractivity (Wildman–Crippen MR) is 107 cm³/mol. The van der Waals surface area contributed by atoms with E-state index in [0.717, 1.165) is 24.1 Å². The third-order valence-corrected chi connectivity index (χ3v) is 5.38. The van der Waals surface area contributed by atoms with Crippen LogP contribution in [0.15, 0.2) is 60.3 Å². The average Bonchev–Trinajstić information content (AvgIpc) is 3.08. The Bertz CT molecular complexity index is 831. The monoisotopic (exact) mass is 422 g/mol. The summed E-state index contributed by atoms with van der Waals surface area (Å²) in [4.78, 5) is 16.1. The summed E-state index contributed by atoms with van der Waals surface area (Å²) >= 11 is 0. The van der Waals surface area contributed by atoms with Crippen molar-refractivity contribution in [1.29, 1.82) is 0 Å². The Balaban J connectivity index is 1.52. The minimum atomic E-state index is -4.30. The highest BCUT2D eigenvalue weighted by Crippen LogP contribution is 2.30. The first-order valence-corrected chi connectivity index (χ1v) is 9.74. The summed E-state index contributed by atoms with van der Waals surface area (Å²) < 4.78 is 44.3. The number of likely N-dealkylation sites (N-methyl/N-ethyl adjacent to an activating group) is 1. The molecule has 1 aliphatic carbocycles. The molecule has 30 heavy (non-hydrogen) atoms. The topological polar surface area (TPSA) is 53.0 Å². The molecule has 0 spiro atoms.